The predicted octanol–water partition coefficient (Wildman–Crippen LogP) is 0.665. The van der Waals surface area contributed by atoms with Crippen LogP contribution < -0.4 is 16.2 Å². The lowest BCUT2D eigenvalue weighted by atomic mass is 10.1. The number of anilines is 1. The van der Waals surface area contributed by atoms with E-state index in [0.29, 0.717) is 0 Å². The molecule has 0 saturated heterocycles. The molecule has 3 rings (SSSR count). The normalized spacial score (nSPS) is 12.4. The second kappa shape index (κ2) is 5.65. The van der Waals surface area contributed by atoms with Crippen molar-refractivity contribution in [1.29, 1.82) is 0 Å². The molecular weight excluding hydrogens is 298 g/mol. The van der Waals surface area contributed by atoms with E-state index in [2.05, 4.69) is 9.97 Å². The Morgan fingerprint density at radius 2 is 2.30 bits per heavy atom. The van der Waals surface area contributed by atoms with Gasteiger partial charge in [-0.25, -0.2) is 4.79 Å². The quantitative estimate of drug-likeness (QED) is 0.523. The number of carbonyl (C=O) groups excluding carboxylic acids is 1. The number of fused-ring (bicyclic) bond motifs is 1. The Balaban J connectivity index is 1.73. The molecule has 3 aromatic rings. The molecular formula is C15H17N5O3. The minimum absolute atomic E-state index is 0.113. The lowest BCUT2D eigenvalue weighted by Crippen LogP contribution is -2.36. The van der Waals surface area contributed by atoms with E-state index in [9.17, 15) is 9.90 Å². The number of phenolic OH excluding ortho intramolecular Hbond substituents is 1. The number of aromatic amines is 1. The first-order chi connectivity index (χ1) is 10.9. The number of imidazole rings is 1. The topological polar surface area (TPSA) is 132 Å². The van der Waals surface area contributed by atoms with Crippen LogP contribution in [0.1, 0.15) is 5.56 Å². The maximum Gasteiger partial charge on any atom is 0.330 e. The number of nitrogens with one attached hydrogen (secondary N) is 1. The molecule has 2 heterocycles. The van der Waals surface area contributed by atoms with Gasteiger partial charge in [0.2, 0.25) is 11.8 Å². The zero-order chi connectivity index (χ0) is 16.6. The van der Waals surface area contributed by atoms with Crippen LogP contribution in [0.4, 0.5) is 5.95 Å². The van der Waals surface area contributed by atoms with Crippen molar-refractivity contribution in [2.75, 3.05) is 5.73 Å². The van der Waals surface area contributed by atoms with Gasteiger partial charge in [-0.15, -0.1) is 0 Å². The highest BCUT2D eigenvalue weighted by Gasteiger charge is 2.20. The molecule has 2 aromatic heterocycles. The molecule has 0 aliphatic rings. The Hall–Kier alpha value is -3.00. The number of aryl methyl sites for hydroxylation is 1. The average Bonchev–Trinajstić information content (AvgIpc) is 3.03. The summed E-state index contributed by atoms with van der Waals surface area (Å²) in [6, 6.07) is 4.11. The fourth-order valence-electron chi connectivity index (χ4n) is 2.34. The molecule has 1 aromatic carbocycles. The van der Waals surface area contributed by atoms with E-state index in [-0.39, 0.29) is 24.0 Å². The van der Waals surface area contributed by atoms with Gasteiger partial charge in [0.05, 0.1) is 6.20 Å². The summed E-state index contributed by atoms with van der Waals surface area (Å²) in [6.07, 6.45) is 3.53. The lowest BCUT2D eigenvalue weighted by Gasteiger charge is -2.09. The first-order valence-corrected chi connectivity index (χ1v) is 6.99. The van der Waals surface area contributed by atoms with Crippen molar-refractivity contribution in [1.82, 2.24) is 14.5 Å². The van der Waals surface area contributed by atoms with E-state index in [0.717, 1.165) is 16.5 Å². The van der Waals surface area contributed by atoms with Crippen molar-refractivity contribution < 1.29 is 14.6 Å². The number of esters is 1. The highest BCUT2D eigenvalue weighted by Crippen LogP contribution is 2.24. The molecule has 0 aliphatic heterocycles. The predicted molar refractivity (Wildman–Crippen MR) is 84.9 cm³/mol. The zero-order valence-electron chi connectivity index (χ0n) is 12.5. The summed E-state index contributed by atoms with van der Waals surface area (Å²) in [5.74, 6) is -0.0911. The molecule has 23 heavy (non-hydrogen) atoms. The number of phenols is 1. The van der Waals surface area contributed by atoms with E-state index < -0.39 is 12.0 Å². The number of hydrogen-bond acceptors (Lipinski definition) is 6. The summed E-state index contributed by atoms with van der Waals surface area (Å²) < 4.78 is 6.67. The van der Waals surface area contributed by atoms with E-state index >= 15 is 0 Å². The van der Waals surface area contributed by atoms with Gasteiger partial charge < -0.3 is 30.9 Å². The molecule has 0 aliphatic carbocycles. The minimum atomic E-state index is -0.862. The van der Waals surface area contributed by atoms with Crippen LogP contribution in [0.15, 0.2) is 30.6 Å². The number of aromatic nitrogens is 3. The van der Waals surface area contributed by atoms with Crippen molar-refractivity contribution >= 4 is 22.8 Å². The average molecular weight is 315 g/mol. The van der Waals surface area contributed by atoms with Crippen molar-refractivity contribution in [2.45, 2.75) is 12.5 Å². The van der Waals surface area contributed by atoms with Gasteiger partial charge in [-0.05, 0) is 23.8 Å². The Kier molecular flexibility index (Phi) is 3.67. The Labute approximate surface area is 131 Å². The third kappa shape index (κ3) is 2.97. The van der Waals surface area contributed by atoms with Crippen LogP contribution in [0.5, 0.6) is 11.6 Å². The summed E-state index contributed by atoms with van der Waals surface area (Å²) in [5.41, 5.74) is 13.2. The highest BCUT2D eigenvalue weighted by molar-refractivity contribution is 5.86. The maximum absolute atomic E-state index is 12.1. The molecule has 8 nitrogen and oxygen atoms in total. The smallest absolute Gasteiger partial charge is 0.330 e. The van der Waals surface area contributed by atoms with Gasteiger partial charge in [0.25, 0.3) is 0 Å². The van der Waals surface area contributed by atoms with Gasteiger partial charge in [-0.1, -0.05) is 0 Å². The monoisotopic (exact) mass is 315 g/mol. The van der Waals surface area contributed by atoms with E-state index in [1.54, 1.807) is 31.4 Å². The number of benzene rings is 1. The van der Waals surface area contributed by atoms with Gasteiger partial charge in [-0.2, -0.15) is 4.98 Å². The van der Waals surface area contributed by atoms with Crippen molar-refractivity contribution in [3.63, 3.8) is 0 Å². The molecule has 6 N–H and O–H groups in total. The number of hydrogen-bond donors (Lipinski definition) is 4. The molecule has 1 atom stereocenters. The number of ether oxygens (including phenoxy) is 1. The molecule has 120 valence electrons. The van der Waals surface area contributed by atoms with Crippen LogP contribution in [-0.4, -0.2) is 31.7 Å². The van der Waals surface area contributed by atoms with Crippen molar-refractivity contribution in [3.05, 3.63) is 36.2 Å². The summed E-state index contributed by atoms with van der Waals surface area (Å²) in [7, 11) is 1.69. The number of nitrogens with two attached hydrogens (primary N) is 2. The first-order valence-electron chi connectivity index (χ1n) is 6.99. The Bertz CT molecular complexity index is 848. The van der Waals surface area contributed by atoms with Crippen LogP contribution in [0.25, 0.3) is 10.9 Å². The van der Waals surface area contributed by atoms with Gasteiger partial charge in [0.1, 0.15) is 11.8 Å². The number of rotatable bonds is 4. The number of aromatic hydroxyl groups is 1. The summed E-state index contributed by atoms with van der Waals surface area (Å²) in [4.78, 5) is 19.0. The van der Waals surface area contributed by atoms with Crippen molar-refractivity contribution in [3.8, 4) is 11.6 Å². The van der Waals surface area contributed by atoms with Crippen LogP contribution in [0.3, 0.4) is 0 Å². The van der Waals surface area contributed by atoms with Crippen molar-refractivity contribution in [2.24, 2.45) is 12.8 Å². The molecule has 0 amide bonds. The summed E-state index contributed by atoms with van der Waals surface area (Å²) >= 11 is 0. The molecule has 0 bridgehead atoms. The Morgan fingerprint density at radius 1 is 1.52 bits per heavy atom. The molecule has 0 radical (unpaired) electrons. The summed E-state index contributed by atoms with van der Waals surface area (Å²) in [5, 5.41) is 10.4. The van der Waals surface area contributed by atoms with Gasteiger partial charge in [0, 0.05) is 30.6 Å². The number of nitrogens with zero attached hydrogens (tertiary/aromatic N) is 2. The number of carbonyl (C=O) groups is 1. The second-order valence-corrected chi connectivity index (χ2v) is 5.32. The van der Waals surface area contributed by atoms with Crippen LogP contribution in [0.2, 0.25) is 0 Å². The molecule has 0 spiro atoms. The third-order valence-corrected chi connectivity index (χ3v) is 3.59. The van der Waals surface area contributed by atoms with Gasteiger partial charge in [0.15, 0.2) is 0 Å². The SMILES string of the molecule is Cn1cc(OC(=O)[C@@H](N)Cc2c[nH]c3ccc(O)cc23)nc1N. The maximum atomic E-state index is 12.1. The molecule has 8 heteroatoms. The van der Waals surface area contributed by atoms with Crippen LogP contribution >= 0.6 is 0 Å². The lowest BCUT2D eigenvalue weighted by molar-refractivity contribution is -0.136. The minimum Gasteiger partial charge on any atom is -0.508 e. The fourth-order valence-corrected chi connectivity index (χ4v) is 2.34. The first kappa shape index (κ1) is 14.9. The summed E-state index contributed by atoms with van der Waals surface area (Å²) in [6.45, 7) is 0. The second-order valence-electron chi connectivity index (χ2n) is 5.32. The molecule has 0 saturated carbocycles. The number of nitrogen functional groups attached to an aromatic ring is 1. The van der Waals surface area contributed by atoms with E-state index in [4.69, 9.17) is 16.2 Å². The fraction of sp³-hybridized carbons (Fsp3) is 0.200. The van der Waals surface area contributed by atoms with E-state index in [1.165, 1.54) is 10.8 Å². The zero-order valence-corrected chi connectivity index (χ0v) is 12.5. The Morgan fingerprint density at radius 3 is 3.00 bits per heavy atom. The largest absolute Gasteiger partial charge is 0.508 e. The standard InChI is InChI=1S/C15H17N5O3/c1-20-7-13(19-15(20)17)23-14(22)11(16)4-8-6-18-12-3-2-9(21)5-10(8)12/h2-3,5-7,11,18,21H,4,16H2,1H3,(H2,17,19)/t11-/m0/s1. The van der Waals surface area contributed by atoms with Crippen LogP contribution in [0, 0.1) is 0 Å². The van der Waals surface area contributed by atoms with Gasteiger partial charge >= 0.3 is 5.97 Å². The third-order valence-electron chi connectivity index (χ3n) is 3.59. The molecule has 0 fully saturated rings. The van der Waals surface area contributed by atoms with Gasteiger partial charge in [-0.3, -0.25) is 0 Å². The van der Waals surface area contributed by atoms with Crippen LogP contribution in [-0.2, 0) is 18.3 Å². The molecule has 0 unspecified atom stereocenters. The van der Waals surface area contributed by atoms with E-state index in [1.807, 2.05) is 0 Å². The number of H-pyrrole nitrogens is 1. The highest BCUT2D eigenvalue weighted by atomic mass is 16.5.